The molecule has 1 aromatic heterocycles. The summed E-state index contributed by atoms with van der Waals surface area (Å²) in [7, 11) is 0. The van der Waals surface area contributed by atoms with Gasteiger partial charge in [-0.15, -0.1) is 0 Å². The Morgan fingerprint density at radius 3 is 1.72 bits per heavy atom. The fourth-order valence-electron chi connectivity index (χ4n) is 5.50. The lowest BCUT2D eigenvalue weighted by Gasteiger charge is -2.26. The van der Waals surface area contributed by atoms with Crippen LogP contribution in [0, 0.1) is 0 Å². The third-order valence-electron chi connectivity index (χ3n) is 7.21. The first-order valence-corrected chi connectivity index (χ1v) is 13.1. The smallest absolute Gasteiger partial charge is 0.118 e. The number of hydrogen-bond donors (Lipinski definition) is 1. The van der Waals surface area contributed by atoms with Crippen LogP contribution in [-0.2, 0) is 0 Å². The summed E-state index contributed by atoms with van der Waals surface area (Å²) in [5, 5.41) is 13.3. The van der Waals surface area contributed by atoms with Gasteiger partial charge in [0.1, 0.15) is 5.75 Å². The molecule has 0 amide bonds. The van der Waals surface area contributed by atoms with E-state index in [0.717, 1.165) is 39.4 Å². The number of aromatic hydroxyl groups is 1. The second-order valence-electron chi connectivity index (χ2n) is 9.66. The Morgan fingerprint density at radius 2 is 1.03 bits per heavy atom. The van der Waals surface area contributed by atoms with Crippen molar-refractivity contribution in [1.82, 2.24) is 4.57 Å². The van der Waals surface area contributed by atoms with Crippen molar-refractivity contribution in [2.45, 2.75) is 0 Å². The van der Waals surface area contributed by atoms with Crippen molar-refractivity contribution in [3.05, 3.63) is 152 Å². The Hall–Kier alpha value is -5.28. The Bertz CT molecular complexity index is 1870. The van der Waals surface area contributed by atoms with Gasteiger partial charge in [0.2, 0.25) is 0 Å². The van der Waals surface area contributed by atoms with Crippen LogP contribution in [0.1, 0.15) is 0 Å². The minimum atomic E-state index is 0.228. The molecule has 1 heterocycles. The number of benzene rings is 6. The fourth-order valence-corrected chi connectivity index (χ4v) is 5.50. The van der Waals surface area contributed by atoms with Crippen molar-refractivity contribution >= 4 is 38.9 Å². The van der Waals surface area contributed by atoms with Crippen molar-refractivity contribution in [3.63, 3.8) is 0 Å². The Balaban J connectivity index is 1.41. The van der Waals surface area contributed by atoms with Crippen molar-refractivity contribution < 1.29 is 5.11 Å². The van der Waals surface area contributed by atoms with Crippen LogP contribution >= 0.6 is 0 Å². The van der Waals surface area contributed by atoms with Gasteiger partial charge in [-0.3, -0.25) is 0 Å². The van der Waals surface area contributed by atoms with Gasteiger partial charge in [-0.05, 0) is 77.9 Å². The topological polar surface area (TPSA) is 28.4 Å². The summed E-state index contributed by atoms with van der Waals surface area (Å²) in [5.41, 5.74) is 8.43. The predicted octanol–water partition coefficient (Wildman–Crippen LogP) is 9.63. The quantitative estimate of drug-likeness (QED) is 0.254. The molecular formula is C36H26N2O. The van der Waals surface area contributed by atoms with Crippen molar-refractivity contribution in [2.24, 2.45) is 0 Å². The highest BCUT2D eigenvalue weighted by Gasteiger charge is 2.16. The fraction of sp³-hybridized carbons (Fsp3) is 0. The van der Waals surface area contributed by atoms with Crippen LogP contribution in [0.25, 0.3) is 38.6 Å². The molecule has 0 aliphatic heterocycles. The van der Waals surface area contributed by atoms with Crippen molar-refractivity contribution in [2.75, 3.05) is 4.90 Å². The van der Waals surface area contributed by atoms with E-state index in [2.05, 4.69) is 107 Å². The number of phenols is 1. The van der Waals surface area contributed by atoms with Gasteiger partial charge in [-0.25, -0.2) is 0 Å². The van der Waals surface area contributed by atoms with E-state index in [1.54, 1.807) is 0 Å². The van der Waals surface area contributed by atoms with Crippen molar-refractivity contribution in [1.29, 1.82) is 0 Å². The van der Waals surface area contributed by atoms with E-state index < -0.39 is 0 Å². The molecule has 186 valence electrons. The molecule has 3 heteroatoms. The Kier molecular flexibility index (Phi) is 5.60. The lowest BCUT2D eigenvalue weighted by Crippen LogP contribution is -2.09. The maximum absolute atomic E-state index is 10.9. The minimum Gasteiger partial charge on any atom is -0.508 e. The molecule has 0 aliphatic carbocycles. The molecule has 0 unspecified atom stereocenters. The first kappa shape index (κ1) is 22.9. The molecule has 3 nitrogen and oxygen atoms in total. The van der Waals surface area contributed by atoms with Gasteiger partial charge in [0.15, 0.2) is 0 Å². The van der Waals surface area contributed by atoms with E-state index >= 15 is 0 Å². The van der Waals surface area contributed by atoms with E-state index in [9.17, 15) is 5.11 Å². The second kappa shape index (κ2) is 9.55. The standard InChI is InChI=1S/C36H26N2O/c39-32-23-27(22-31(25-32)37(28-12-4-1-5-13-28)29-14-6-2-7-15-29)26-20-21-36-34(24-26)33-18-10-11-19-35(33)38(36)30-16-8-3-9-17-30/h1-25,39H. The highest BCUT2D eigenvalue weighted by molar-refractivity contribution is 6.10. The number of anilines is 3. The van der Waals surface area contributed by atoms with Crippen LogP contribution in [0.15, 0.2) is 152 Å². The summed E-state index contributed by atoms with van der Waals surface area (Å²) in [6, 6.07) is 51.9. The first-order chi connectivity index (χ1) is 19.3. The number of para-hydroxylation sites is 4. The van der Waals surface area contributed by atoms with Gasteiger partial charge in [0.05, 0.1) is 16.7 Å². The van der Waals surface area contributed by atoms with Crippen LogP contribution < -0.4 is 4.90 Å². The minimum absolute atomic E-state index is 0.228. The summed E-state index contributed by atoms with van der Waals surface area (Å²) in [6.45, 7) is 0. The lowest BCUT2D eigenvalue weighted by atomic mass is 10.0. The monoisotopic (exact) mass is 502 g/mol. The maximum Gasteiger partial charge on any atom is 0.118 e. The zero-order valence-electron chi connectivity index (χ0n) is 21.3. The summed E-state index contributed by atoms with van der Waals surface area (Å²) >= 11 is 0. The zero-order chi connectivity index (χ0) is 26.2. The average molecular weight is 503 g/mol. The third-order valence-corrected chi connectivity index (χ3v) is 7.21. The van der Waals surface area contributed by atoms with E-state index in [1.165, 1.54) is 16.3 Å². The van der Waals surface area contributed by atoms with Crippen LogP contribution in [0.5, 0.6) is 5.75 Å². The molecule has 0 fully saturated rings. The largest absolute Gasteiger partial charge is 0.508 e. The average Bonchev–Trinajstić information content (AvgIpc) is 3.32. The van der Waals surface area contributed by atoms with Crippen molar-refractivity contribution in [3.8, 4) is 22.6 Å². The molecule has 0 aliphatic rings. The van der Waals surface area contributed by atoms with E-state index in [4.69, 9.17) is 0 Å². The molecule has 0 saturated carbocycles. The van der Waals surface area contributed by atoms with Gasteiger partial charge in [-0.1, -0.05) is 78.9 Å². The first-order valence-electron chi connectivity index (χ1n) is 13.1. The molecule has 1 N–H and O–H groups in total. The van der Waals surface area contributed by atoms with Gasteiger partial charge in [0.25, 0.3) is 0 Å². The van der Waals surface area contributed by atoms with Crippen LogP contribution in [0.4, 0.5) is 17.1 Å². The molecule has 0 saturated heterocycles. The van der Waals surface area contributed by atoms with Crippen LogP contribution in [-0.4, -0.2) is 9.67 Å². The van der Waals surface area contributed by atoms with Gasteiger partial charge >= 0.3 is 0 Å². The molecule has 7 rings (SSSR count). The highest BCUT2D eigenvalue weighted by Crippen LogP contribution is 2.40. The normalized spacial score (nSPS) is 11.2. The van der Waals surface area contributed by atoms with E-state index in [0.29, 0.717) is 0 Å². The summed E-state index contributed by atoms with van der Waals surface area (Å²) in [4.78, 5) is 2.17. The third kappa shape index (κ3) is 4.11. The summed E-state index contributed by atoms with van der Waals surface area (Å²) in [6.07, 6.45) is 0. The number of phenolic OH excluding ortho intramolecular Hbond substituents is 1. The predicted molar refractivity (Wildman–Crippen MR) is 163 cm³/mol. The molecular weight excluding hydrogens is 476 g/mol. The summed E-state index contributed by atoms with van der Waals surface area (Å²) < 4.78 is 2.31. The summed E-state index contributed by atoms with van der Waals surface area (Å²) in [5.74, 6) is 0.228. The molecule has 7 aromatic rings. The van der Waals surface area contributed by atoms with Gasteiger partial charge in [-0.2, -0.15) is 0 Å². The Labute approximate surface area is 227 Å². The number of nitrogens with zero attached hydrogens (tertiary/aromatic N) is 2. The number of aromatic nitrogens is 1. The lowest BCUT2D eigenvalue weighted by molar-refractivity contribution is 0.476. The highest BCUT2D eigenvalue weighted by atomic mass is 16.3. The Morgan fingerprint density at radius 1 is 0.436 bits per heavy atom. The van der Waals surface area contributed by atoms with Gasteiger partial charge in [0, 0.05) is 33.9 Å². The molecule has 0 atom stereocenters. The molecule has 0 radical (unpaired) electrons. The number of fused-ring (bicyclic) bond motifs is 3. The molecule has 0 spiro atoms. The molecule has 39 heavy (non-hydrogen) atoms. The van der Waals surface area contributed by atoms with E-state index in [1.807, 2.05) is 54.6 Å². The zero-order valence-corrected chi connectivity index (χ0v) is 21.3. The maximum atomic E-state index is 10.9. The number of rotatable bonds is 5. The molecule has 6 aromatic carbocycles. The second-order valence-corrected chi connectivity index (χ2v) is 9.66. The number of hydrogen-bond acceptors (Lipinski definition) is 2. The van der Waals surface area contributed by atoms with Crippen LogP contribution in [0.2, 0.25) is 0 Å². The SMILES string of the molecule is Oc1cc(-c2ccc3c(c2)c2ccccc2n3-c2ccccc2)cc(N(c2ccccc2)c2ccccc2)c1. The van der Waals surface area contributed by atoms with Crippen LogP contribution in [0.3, 0.4) is 0 Å². The van der Waals surface area contributed by atoms with E-state index in [-0.39, 0.29) is 5.75 Å². The van der Waals surface area contributed by atoms with Gasteiger partial charge < -0.3 is 14.6 Å². The molecule has 0 bridgehead atoms.